The summed E-state index contributed by atoms with van der Waals surface area (Å²) in [4.78, 5) is 27.7. The number of para-hydroxylation sites is 1. The van der Waals surface area contributed by atoms with E-state index in [2.05, 4.69) is 12.2 Å². The van der Waals surface area contributed by atoms with Gasteiger partial charge in [-0.15, -0.1) is 0 Å². The van der Waals surface area contributed by atoms with Crippen LogP contribution in [0.3, 0.4) is 0 Å². The molecule has 2 atom stereocenters. The van der Waals surface area contributed by atoms with Gasteiger partial charge >= 0.3 is 0 Å². The second-order valence-corrected chi connectivity index (χ2v) is 7.07. The summed E-state index contributed by atoms with van der Waals surface area (Å²) in [5, 5.41) is 2.97. The van der Waals surface area contributed by atoms with E-state index in [0.717, 1.165) is 18.4 Å². The molecule has 1 aromatic heterocycles. The molecule has 2 heterocycles. The molecule has 3 rings (SSSR count). The monoisotopic (exact) mass is 384 g/mol. The maximum atomic E-state index is 13.1. The molecule has 6 heteroatoms. The highest BCUT2D eigenvalue weighted by atomic mass is 16.5. The van der Waals surface area contributed by atoms with Crippen LogP contribution in [0.5, 0.6) is 5.75 Å². The van der Waals surface area contributed by atoms with Crippen LogP contribution in [0.4, 0.5) is 0 Å². The number of ether oxygens (including phenoxy) is 1. The Hall–Kier alpha value is -2.76. The number of benzene rings is 1. The molecule has 1 fully saturated rings. The molecule has 0 spiro atoms. The van der Waals surface area contributed by atoms with Crippen molar-refractivity contribution in [1.29, 1.82) is 0 Å². The van der Waals surface area contributed by atoms with Crippen LogP contribution in [0, 0.1) is 5.92 Å². The van der Waals surface area contributed by atoms with E-state index in [1.165, 1.54) is 0 Å². The molecule has 1 aliphatic heterocycles. The van der Waals surface area contributed by atoms with Crippen LogP contribution in [0.25, 0.3) is 0 Å². The molecule has 0 radical (unpaired) electrons. The van der Waals surface area contributed by atoms with E-state index in [9.17, 15) is 9.59 Å². The third kappa shape index (κ3) is 4.38. The standard InChI is InChI=1S/C22H28N2O4/c1-3-4-13-24-20(25)12-11-18(22(26)23-15-16-8-7-14-28-16)21(24)17-9-5-6-10-19(17)27-2/h5-10,14,18,21H,3-4,11-13,15H2,1-2H3,(H,23,26). The van der Waals surface area contributed by atoms with E-state index >= 15 is 0 Å². The Labute approximate surface area is 165 Å². The summed E-state index contributed by atoms with van der Waals surface area (Å²) in [5.74, 6) is 1.10. The highest BCUT2D eigenvalue weighted by Crippen LogP contribution is 2.40. The van der Waals surface area contributed by atoms with Crippen LogP contribution >= 0.6 is 0 Å². The average molecular weight is 384 g/mol. The second-order valence-electron chi connectivity index (χ2n) is 7.07. The highest BCUT2D eigenvalue weighted by Gasteiger charge is 2.41. The van der Waals surface area contributed by atoms with Gasteiger partial charge in [0, 0.05) is 18.5 Å². The molecule has 0 aliphatic carbocycles. The normalized spacial score (nSPS) is 19.5. The second kappa shape index (κ2) is 9.44. The Bertz CT molecular complexity index is 788. The lowest BCUT2D eigenvalue weighted by Gasteiger charge is -2.41. The average Bonchev–Trinajstić information content (AvgIpc) is 3.24. The summed E-state index contributed by atoms with van der Waals surface area (Å²) in [6.07, 6.45) is 4.38. The van der Waals surface area contributed by atoms with Gasteiger partial charge in [0.05, 0.1) is 31.9 Å². The van der Waals surface area contributed by atoms with E-state index in [0.29, 0.717) is 37.4 Å². The van der Waals surface area contributed by atoms with Gasteiger partial charge in [0.1, 0.15) is 11.5 Å². The number of amides is 2. The summed E-state index contributed by atoms with van der Waals surface area (Å²) in [6.45, 7) is 3.07. The van der Waals surface area contributed by atoms with Crippen LogP contribution in [0.1, 0.15) is 50.0 Å². The Morgan fingerprint density at radius 2 is 2.11 bits per heavy atom. The van der Waals surface area contributed by atoms with Crippen molar-refractivity contribution in [1.82, 2.24) is 10.2 Å². The number of likely N-dealkylation sites (tertiary alicyclic amines) is 1. The van der Waals surface area contributed by atoms with Gasteiger partial charge in [-0.05, 0) is 31.0 Å². The SMILES string of the molecule is CCCCN1C(=O)CCC(C(=O)NCc2ccco2)C1c1ccccc1OC. The van der Waals surface area contributed by atoms with Crippen LogP contribution in [-0.2, 0) is 16.1 Å². The molecule has 0 saturated carbocycles. The quantitative estimate of drug-likeness (QED) is 0.754. The molecule has 2 aromatic rings. The van der Waals surface area contributed by atoms with Gasteiger partial charge in [-0.1, -0.05) is 31.5 Å². The van der Waals surface area contributed by atoms with E-state index < -0.39 is 0 Å². The first-order chi connectivity index (χ1) is 13.7. The molecular weight excluding hydrogens is 356 g/mol. The minimum absolute atomic E-state index is 0.0682. The predicted molar refractivity (Wildman–Crippen MR) is 106 cm³/mol. The first kappa shape index (κ1) is 20.0. The number of carbonyl (C=O) groups excluding carboxylic acids is 2. The summed E-state index contributed by atoms with van der Waals surface area (Å²) in [7, 11) is 1.62. The molecule has 1 saturated heterocycles. The zero-order valence-electron chi connectivity index (χ0n) is 16.5. The lowest BCUT2D eigenvalue weighted by molar-refractivity contribution is -0.143. The molecule has 28 heavy (non-hydrogen) atoms. The number of hydrogen-bond donors (Lipinski definition) is 1. The molecule has 1 aliphatic rings. The fraction of sp³-hybridized carbons (Fsp3) is 0.455. The van der Waals surface area contributed by atoms with Crippen LogP contribution in [0.15, 0.2) is 47.1 Å². The molecule has 0 bridgehead atoms. The molecule has 1 aromatic carbocycles. The number of rotatable bonds is 8. The van der Waals surface area contributed by atoms with E-state index in [1.807, 2.05) is 35.2 Å². The zero-order chi connectivity index (χ0) is 19.9. The van der Waals surface area contributed by atoms with Gasteiger partial charge < -0.3 is 19.4 Å². The van der Waals surface area contributed by atoms with E-state index in [4.69, 9.17) is 9.15 Å². The van der Waals surface area contributed by atoms with Gasteiger partial charge in [-0.2, -0.15) is 0 Å². The van der Waals surface area contributed by atoms with Crippen LogP contribution < -0.4 is 10.1 Å². The maximum Gasteiger partial charge on any atom is 0.225 e. The van der Waals surface area contributed by atoms with Crippen molar-refractivity contribution in [3.05, 3.63) is 54.0 Å². The Morgan fingerprint density at radius 3 is 2.82 bits per heavy atom. The number of hydrogen-bond acceptors (Lipinski definition) is 4. The summed E-state index contributed by atoms with van der Waals surface area (Å²) >= 11 is 0. The van der Waals surface area contributed by atoms with Gasteiger partial charge in [0.2, 0.25) is 11.8 Å². The van der Waals surface area contributed by atoms with Crippen LogP contribution in [-0.4, -0.2) is 30.4 Å². The first-order valence-electron chi connectivity index (χ1n) is 9.88. The van der Waals surface area contributed by atoms with Crippen molar-refractivity contribution >= 4 is 11.8 Å². The molecular formula is C22H28N2O4. The topological polar surface area (TPSA) is 71.8 Å². The van der Waals surface area contributed by atoms with Crippen molar-refractivity contribution in [3.8, 4) is 5.75 Å². The maximum absolute atomic E-state index is 13.1. The Kier molecular flexibility index (Phi) is 6.74. The number of methoxy groups -OCH3 is 1. The number of nitrogens with zero attached hydrogens (tertiary/aromatic N) is 1. The Morgan fingerprint density at radius 1 is 1.29 bits per heavy atom. The number of unbranched alkanes of at least 4 members (excludes halogenated alkanes) is 1. The molecule has 150 valence electrons. The first-order valence-corrected chi connectivity index (χ1v) is 9.88. The molecule has 6 nitrogen and oxygen atoms in total. The largest absolute Gasteiger partial charge is 0.496 e. The Balaban J connectivity index is 1.89. The van der Waals surface area contributed by atoms with Gasteiger partial charge in [0.25, 0.3) is 0 Å². The lowest BCUT2D eigenvalue weighted by atomic mass is 9.83. The fourth-order valence-electron chi connectivity index (χ4n) is 3.83. The lowest BCUT2D eigenvalue weighted by Crippen LogP contribution is -2.48. The minimum Gasteiger partial charge on any atom is -0.496 e. The summed E-state index contributed by atoms with van der Waals surface area (Å²) in [6, 6.07) is 10.9. The van der Waals surface area contributed by atoms with Crippen molar-refractivity contribution in [3.63, 3.8) is 0 Å². The number of piperidine rings is 1. The number of carbonyl (C=O) groups is 2. The number of furan rings is 1. The van der Waals surface area contributed by atoms with Crippen molar-refractivity contribution in [2.75, 3.05) is 13.7 Å². The van der Waals surface area contributed by atoms with Crippen molar-refractivity contribution in [2.45, 2.75) is 45.2 Å². The highest BCUT2D eigenvalue weighted by molar-refractivity contribution is 5.85. The van der Waals surface area contributed by atoms with Gasteiger partial charge in [-0.25, -0.2) is 0 Å². The smallest absolute Gasteiger partial charge is 0.225 e. The molecule has 2 amide bonds. The van der Waals surface area contributed by atoms with E-state index in [-0.39, 0.29) is 23.8 Å². The van der Waals surface area contributed by atoms with Crippen LogP contribution in [0.2, 0.25) is 0 Å². The van der Waals surface area contributed by atoms with Gasteiger partial charge in [0.15, 0.2) is 0 Å². The van der Waals surface area contributed by atoms with E-state index in [1.54, 1.807) is 19.4 Å². The summed E-state index contributed by atoms with van der Waals surface area (Å²) in [5.41, 5.74) is 0.882. The van der Waals surface area contributed by atoms with Gasteiger partial charge in [-0.3, -0.25) is 9.59 Å². The van der Waals surface area contributed by atoms with Crippen molar-refractivity contribution < 1.29 is 18.7 Å². The number of nitrogens with one attached hydrogen (secondary N) is 1. The molecule has 2 unspecified atom stereocenters. The minimum atomic E-state index is -0.333. The fourth-order valence-corrected chi connectivity index (χ4v) is 3.83. The van der Waals surface area contributed by atoms with Crippen molar-refractivity contribution in [2.24, 2.45) is 5.92 Å². The zero-order valence-corrected chi connectivity index (χ0v) is 16.5. The third-order valence-corrected chi connectivity index (χ3v) is 5.27. The molecule has 1 N–H and O–H groups in total. The predicted octanol–water partition coefficient (Wildman–Crippen LogP) is 3.68. The summed E-state index contributed by atoms with van der Waals surface area (Å²) < 4.78 is 10.9. The third-order valence-electron chi connectivity index (χ3n) is 5.27.